The second kappa shape index (κ2) is 5.14. The number of hydrogen-bond acceptors (Lipinski definition) is 5. The highest BCUT2D eigenvalue weighted by molar-refractivity contribution is 5.53. The molecule has 0 bridgehead atoms. The van der Waals surface area contributed by atoms with E-state index in [1.54, 1.807) is 0 Å². The molecular formula is C14H17N3O2. The Morgan fingerprint density at radius 3 is 2.53 bits per heavy atom. The topological polar surface area (TPSA) is 70.3 Å². The maximum absolute atomic E-state index is 5.82. The van der Waals surface area contributed by atoms with Crippen LogP contribution in [0.25, 0.3) is 0 Å². The zero-order valence-electron chi connectivity index (χ0n) is 11.5. The standard InChI is InChI=1S/C14H17N3O2/c1-8-5-9(2)10(3)11(6-8)19-14-12(18-4)13(15)16-7-17-14/h5-7H,1-4H3,(H2,15,16,17). The molecular weight excluding hydrogens is 242 g/mol. The van der Waals surface area contributed by atoms with Crippen molar-refractivity contribution >= 4 is 5.82 Å². The van der Waals surface area contributed by atoms with Crippen LogP contribution in [-0.4, -0.2) is 17.1 Å². The van der Waals surface area contributed by atoms with E-state index in [1.807, 2.05) is 26.8 Å². The first kappa shape index (κ1) is 13.1. The molecule has 0 aliphatic rings. The third kappa shape index (κ3) is 2.59. The van der Waals surface area contributed by atoms with Crippen LogP contribution in [-0.2, 0) is 0 Å². The van der Waals surface area contributed by atoms with Gasteiger partial charge in [0.25, 0.3) is 5.88 Å². The lowest BCUT2D eigenvalue weighted by Gasteiger charge is -2.13. The van der Waals surface area contributed by atoms with Crippen LogP contribution in [0.5, 0.6) is 17.4 Å². The third-order valence-corrected chi connectivity index (χ3v) is 2.97. The molecule has 2 aromatic rings. The highest BCUT2D eigenvalue weighted by Gasteiger charge is 2.13. The van der Waals surface area contributed by atoms with Gasteiger partial charge in [0.15, 0.2) is 5.82 Å². The number of aryl methyl sites for hydroxylation is 2. The number of methoxy groups -OCH3 is 1. The molecule has 0 spiro atoms. The van der Waals surface area contributed by atoms with Crippen molar-refractivity contribution in [3.05, 3.63) is 35.2 Å². The zero-order chi connectivity index (χ0) is 14.0. The van der Waals surface area contributed by atoms with E-state index in [4.69, 9.17) is 15.2 Å². The first-order chi connectivity index (χ1) is 9.02. The normalized spacial score (nSPS) is 10.3. The molecule has 19 heavy (non-hydrogen) atoms. The van der Waals surface area contributed by atoms with Gasteiger partial charge in [0.1, 0.15) is 12.1 Å². The van der Waals surface area contributed by atoms with Crippen molar-refractivity contribution in [3.63, 3.8) is 0 Å². The smallest absolute Gasteiger partial charge is 0.268 e. The van der Waals surface area contributed by atoms with Crippen molar-refractivity contribution in [3.8, 4) is 17.4 Å². The number of nitrogen functional groups attached to an aromatic ring is 1. The van der Waals surface area contributed by atoms with Gasteiger partial charge in [-0.15, -0.1) is 0 Å². The molecule has 0 unspecified atom stereocenters. The molecule has 100 valence electrons. The Balaban J connectivity index is 2.45. The van der Waals surface area contributed by atoms with Crippen molar-refractivity contribution in [2.75, 3.05) is 12.8 Å². The van der Waals surface area contributed by atoms with Gasteiger partial charge in [0.05, 0.1) is 7.11 Å². The molecule has 1 aromatic carbocycles. The Bertz CT molecular complexity index is 612. The lowest BCUT2D eigenvalue weighted by Crippen LogP contribution is -2.01. The predicted octanol–water partition coefficient (Wildman–Crippen LogP) is 2.78. The van der Waals surface area contributed by atoms with E-state index >= 15 is 0 Å². The first-order valence-electron chi connectivity index (χ1n) is 5.93. The minimum absolute atomic E-state index is 0.259. The van der Waals surface area contributed by atoms with Gasteiger partial charge >= 0.3 is 0 Å². The molecule has 2 rings (SSSR count). The molecule has 0 amide bonds. The van der Waals surface area contributed by atoms with E-state index in [0.717, 1.165) is 22.4 Å². The van der Waals surface area contributed by atoms with Crippen LogP contribution in [0.4, 0.5) is 5.82 Å². The van der Waals surface area contributed by atoms with Crippen LogP contribution in [0.2, 0.25) is 0 Å². The average molecular weight is 259 g/mol. The summed E-state index contributed by atoms with van der Waals surface area (Å²) in [7, 11) is 1.51. The maximum Gasteiger partial charge on any atom is 0.268 e. The summed E-state index contributed by atoms with van der Waals surface area (Å²) < 4.78 is 11.0. The Kier molecular flexibility index (Phi) is 3.55. The van der Waals surface area contributed by atoms with Crippen molar-refractivity contribution in [2.24, 2.45) is 0 Å². The van der Waals surface area contributed by atoms with E-state index in [9.17, 15) is 0 Å². The van der Waals surface area contributed by atoms with Crippen LogP contribution in [0.15, 0.2) is 18.5 Å². The van der Waals surface area contributed by atoms with E-state index in [2.05, 4.69) is 16.0 Å². The largest absolute Gasteiger partial charge is 0.489 e. The van der Waals surface area contributed by atoms with E-state index in [0.29, 0.717) is 11.6 Å². The molecule has 0 aliphatic heterocycles. The van der Waals surface area contributed by atoms with E-state index in [1.165, 1.54) is 13.4 Å². The summed E-state index contributed by atoms with van der Waals surface area (Å²) in [4.78, 5) is 7.94. The Labute approximate surface area is 112 Å². The number of ether oxygens (including phenoxy) is 2. The minimum Gasteiger partial charge on any atom is -0.489 e. The molecule has 0 saturated carbocycles. The zero-order valence-corrected chi connectivity index (χ0v) is 11.5. The van der Waals surface area contributed by atoms with Gasteiger partial charge in [-0.25, -0.2) is 4.98 Å². The summed E-state index contributed by atoms with van der Waals surface area (Å²) >= 11 is 0. The number of nitrogens with two attached hydrogens (primary N) is 1. The number of anilines is 1. The van der Waals surface area contributed by atoms with Crippen molar-refractivity contribution in [1.29, 1.82) is 0 Å². The van der Waals surface area contributed by atoms with Gasteiger partial charge in [-0.1, -0.05) is 6.07 Å². The van der Waals surface area contributed by atoms with Gasteiger partial charge in [-0.3, -0.25) is 0 Å². The molecule has 0 aliphatic carbocycles. The summed E-state index contributed by atoms with van der Waals surface area (Å²) in [5, 5.41) is 0. The van der Waals surface area contributed by atoms with Crippen molar-refractivity contribution in [2.45, 2.75) is 20.8 Å². The molecule has 1 aromatic heterocycles. The lowest BCUT2D eigenvalue weighted by atomic mass is 10.1. The average Bonchev–Trinajstić information content (AvgIpc) is 2.35. The molecule has 5 nitrogen and oxygen atoms in total. The third-order valence-electron chi connectivity index (χ3n) is 2.97. The summed E-state index contributed by atoms with van der Waals surface area (Å²) in [6, 6.07) is 4.06. The van der Waals surface area contributed by atoms with Crippen LogP contribution in [0, 0.1) is 20.8 Å². The van der Waals surface area contributed by atoms with Crippen LogP contribution >= 0.6 is 0 Å². The maximum atomic E-state index is 5.82. The monoisotopic (exact) mass is 259 g/mol. The van der Waals surface area contributed by atoms with Crippen molar-refractivity contribution < 1.29 is 9.47 Å². The fraction of sp³-hybridized carbons (Fsp3) is 0.286. The number of nitrogens with zero attached hydrogens (tertiary/aromatic N) is 2. The molecule has 0 saturated heterocycles. The van der Waals surface area contributed by atoms with Gasteiger partial charge < -0.3 is 15.2 Å². The Hall–Kier alpha value is -2.30. The lowest BCUT2D eigenvalue weighted by molar-refractivity contribution is 0.368. The highest BCUT2D eigenvalue weighted by Crippen LogP contribution is 2.34. The predicted molar refractivity (Wildman–Crippen MR) is 73.7 cm³/mol. The number of rotatable bonds is 3. The minimum atomic E-state index is 0.259. The second-order valence-electron chi connectivity index (χ2n) is 4.40. The van der Waals surface area contributed by atoms with Gasteiger partial charge in [-0.2, -0.15) is 4.98 Å². The van der Waals surface area contributed by atoms with Crippen LogP contribution in [0.1, 0.15) is 16.7 Å². The fourth-order valence-corrected chi connectivity index (χ4v) is 1.85. The number of benzene rings is 1. The number of aromatic nitrogens is 2. The van der Waals surface area contributed by atoms with Crippen LogP contribution < -0.4 is 15.2 Å². The summed E-state index contributed by atoms with van der Waals surface area (Å²) in [6.45, 7) is 6.06. The molecule has 0 radical (unpaired) electrons. The number of hydrogen-bond donors (Lipinski definition) is 1. The van der Waals surface area contributed by atoms with Gasteiger partial charge in [0.2, 0.25) is 5.75 Å². The fourth-order valence-electron chi connectivity index (χ4n) is 1.85. The van der Waals surface area contributed by atoms with Crippen molar-refractivity contribution in [1.82, 2.24) is 9.97 Å². The summed E-state index contributed by atoms with van der Waals surface area (Å²) in [6.07, 6.45) is 1.35. The quantitative estimate of drug-likeness (QED) is 0.917. The van der Waals surface area contributed by atoms with Crippen LogP contribution in [0.3, 0.4) is 0 Å². The second-order valence-corrected chi connectivity index (χ2v) is 4.40. The first-order valence-corrected chi connectivity index (χ1v) is 5.93. The summed E-state index contributed by atoms with van der Waals surface area (Å²) in [5.74, 6) is 1.67. The molecule has 0 fully saturated rings. The molecule has 1 heterocycles. The highest BCUT2D eigenvalue weighted by atomic mass is 16.5. The van der Waals surface area contributed by atoms with Gasteiger partial charge in [-0.05, 0) is 43.5 Å². The van der Waals surface area contributed by atoms with Gasteiger partial charge in [0, 0.05) is 0 Å². The SMILES string of the molecule is COc1c(N)ncnc1Oc1cc(C)cc(C)c1C. The van der Waals surface area contributed by atoms with E-state index < -0.39 is 0 Å². The Morgan fingerprint density at radius 2 is 1.84 bits per heavy atom. The van der Waals surface area contributed by atoms with E-state index in [-0.39, 0.29) is 5.82 Å². The molecule has 5 heteroatoms. The summed E-state index contributed by atoms with van der Waals surface area (Å²) in [5.41, 5.74) is 9.07. The molecule has 2 N–H and O–H groups in total. The molecule has 0 atom stereocenters. The Morgan fingerprint density at radius 1 is 1.11 bits per heavy atom.